The minimum Gasteiger partial charge on any atom is -0.480 e. The molecule has 1 aromatic rings. The fraction of sp³-hybridized carbons (Fsp3) is 0.385. The van der Waals surface area contributed by atoms with Gasteiger partial charge in [0, 0.05) is 25.2 Å². The van der Waals surface area contributed by atoms with E-state index in [-0.39, 0.29) is 12.5 Å². The molecule has 0 unspecified atom stereocenters. The normalized spacial score (nSPS) is 13.2. The summed E-state index contributed by atoms with van der Waals surface area (Å²) >= 11 is 0. The molecular weight excluding hydrogens is 232 g/mol. The number of hydrogen-bond acceptors (Lipinski definition) is 3. The van der Waals surface area contributed by atoms with Gasteiger partial charge in [0.1, 0.15) is 6.54 Å². The minimum absolute atomic E-state index is 0.227. The zero-order valence-corrected chi connectivity index (χ0v) is 10.3. The number of aliphatic carboxylic acids is 1. The number of amides is 1. The average Bonchev–Trinajstić information content (AvgIpc) is 2.81. The van der Waals surface area contributed by atoms with Gasteiger partial charge in [-0.2, -0.15) is 0 Å². The maximum Gasteiger partial charge on any atom is 0.323 e. The van der Waals surface area contributed by atoms with Crippen LogP contribution in [0.1, 0.15) is 28.4 Å². The number of rotatable bonds is 4. The molecule has 1 heterocycles. The third-order valence-electron chi connectivity index (χ3n) is 3.08. The Bertz CT molecular complexity index is 485. The van der Waals surface area contributed by atoms with Crippen LogP contribution in [0, 0.1) is 0 Å². The number of hydrogen-bond donors (Lipinski definition) is 2. The topological polar surface area (TPSA) is 69.6 Å². The molecule has 1 aromatic carbocycles. The summed E-state index contributed by atoms with van der Waals surface area (Å²) in [6.45, 7) is 3.50. The van der Waals surface area contributed by atoms with Crippen molar-refractivity contribution in [3.63, 3.8) is 0 Å². The van der Waals surface area contributed by atoms with Gasteiger partial charge in [0.15, 0.2) is 0 Å². The van der Waals surface area contributed by atoms with Crippen molar-refractivity contribution < 1.29 is 14.7 Å². The maximum atomic E-state index is 12.2. The van der Waals surface area contributed by atoms with Crippen LogP contribution >= 0.6 is 0 Å². The van der Waals surface area contributed by atoms with Crippen LogP contribution in [0.2, 0.25) is 0 Å². The SMILES string of the molecule is CCN(CC(=O)O)C(=O)c1ccc2c(c1)CNC2. The standard InChI is InChI=1S/C13H16N2O3/c1-2-15(8-12(16)17)13(18)9-3-4-10-6-14-7-11(10)5-9/h3-5,14H,2,6-8H2,1H3,(H,16,17). The van der Waals surface area contributed by atoms with Crippen LogP contribution in [0.5, 0.6) is 0 Å². The second-order valence-corrected chi connectivity index (χ2v) is 4.30. The number of carbonyl (C=O) groups excluding carboxylic acids is 1. The summed E-state index contributed by atoms with van der Waals surface area (Å²) in [7, 11) is 0. The van der Waals surface area contributed by atoms with E-state index in [1.165, 1.54) is 10.5 Å². The first-order valence-electron chi connectivity index (χ1n) is 5.95. The minimum atomic E-state index is -0.993. The van der Waals surface area contributed by atoms with Gasteiger partial charge in [0.2, 0.25) is 0 Å². The molecule has 96 valence electrons. The van der Waals surface area contributed by atoms with Crippen molar-refractivity contribution in [2.24, 2.45) is 0 Å². The summed E-state index contributed by atoms with van der Waals surface area (Å²) in [6, 6.07) is 5.54. The van der Waals surface area contributed by atoms with E-state index in [0.29, 0.717) is 12.1 Å². The highest BCUT2D eigenvalue weighted by atomic mass is 16.4. The summed E-state index contributed by atoms with van der Waals surface area (Å²) < 4.78 is 0. The Kier molecular flexibility index (Phi) is 3.62. The molecule has 2 N–H and O–H groups in total. The third-order valence-corrected chi connectivity index (χ3v) is 3.08. The summed E-state index contributed by atoms with van der Waals surface area (Å²) in [4.78, 5) is 24.2. The van der Waals surface area contributed by atoms with Gasteiger partial charge < -0.3 is 15.3 Å². The predicted molar refractivity (Wildman–Crippen MR) is 66.2 cm³/mol. The number of carboxylic acids is 1. The predicted octanol–water partition coefficient (Wildman–Crippen LogP) is 0.836. The molecule has 0 atom stereocenters. The lowest BCUT2D eigenvalue weighted by Gasteiger charge is -2.18. The van der Waals surface area contributed by atoms with Crippen molar-refractivity contribution in [3.8, 4) is 0 Å². The van der Waals surface area contributed by atoms with Crippen LogP contribution in [0.15, 0.2) is 18.2 Å². The van der Waals surface area contributed by atoms with Crippen LogP contribution in [0.3, 0.4) is 0 Å². The number of likely N-dealkylation sites (N-methyl/N-ethyl adjacent to an activating group) is 1. The number of carbonyl (C=O) groups is 2. The Morgan fingerprint density at radius 1 is 1.33 bits per heavy atom. The fourth-order valence-corrected chi connectivity index (χ4v) is 2.10. The van der Waals surface area contributed by atoms with Crippen LogP contribution in [-0.2, 0) is 17.9 Å². The second-order valence-electron chi connectivity index (χ2n) is 4.30. The van der Waals surface area contributed by atoms with Crippen LogP contribution in [0.25, 0.3) is 0 Å². The molecule has 0 spiro atoms. The van der Waals surface area contributed by atoms with Gasteiger partial charge in [-0.25, -0.2) is 0 Å². The molecule has 5 nitrogen and oxygen atoms in total. The first-order chi connectivity index (χ1) is 8.61. The first kappa shape index (κ1) is 12.6. The smallest absolute Gasteiger partial charge is 0.323 e. The molecule has 1 aliphatic rings. The number of fused-ring (bicyclic) bond motifs is 1. The molecule has 5 heteroatoms. The lowest BCUT2D eigenvalue weighted by atomic mass is 10.1. The highest BCUT2D eigenvalue weighted by molar-refractivity contribution is 5.96. The highest BCUT2D eigenvalue weighted by Gasteiger charge is 2.19. The Balaban J connectivity index is 2.19. The molecule has 0 bridgehead atoms. The maximum absolute atomic E-state index is 12.2. The molecule has 0 radical (unpaired) electrons. The summed E-state index contributed by atoms with van der Waals surface area (Å²) in [5.74, 6) is -1.22. The van der Waals surface area contributed by atoms with Crippen molar-refractivity contribution in [2.75, 3.05) is 13.1 Å². The fourth-order valence-electron chi connectivity index (χ4n) is 2.10. The monoisotopic (exact) mass is 248 g/mol. The zero-order chi connectivity index (χ0) is 13.1. The molecule has 1 amide bonds. The molecule has 0 aromatic heterocycles. The van der Waals surface area contributed by atoms with Gasteiger partial charge in [0.05, 0.1) is 0 Å². The van der Waals surface area contributed by atoms with Gasteiger partial charge in [-0.15, -0.1) is 0 Å². The van der Waals surface area contributed by atoms with Crippen molar-refractivity contribution in [3.05, 3.63) is 34.9 Å². The van der Waals surface area contributed by atoms with E-state index in [1.54, 1.807) is 13.0 Å². The lowest BCUT2D eigenvalue weighted by molar-refractivity contribution is -0.137. The molecule has 2 rings (SSSR count). The molecule has 0 saturated heterocycles. The Labute approximate surface area is 105 Å². The van der Waals surface area contributed by atoms with E-state index >= 15 is 0 Å². The van der Waals surface area contributed by atoms with E-state index < -0.39 is 5.97 Å². The van der Waals surface area contributed by atoms with Gasteiger partial charge in [-0.1, -0.05) is 6.07 Å². The lowest BCUT2D eigenvalue weighted by Crippen LogP contribution is -2.35. The van der Waals surface area contributed by atoms with Gasteiger partial charge in [-0.05, 0) is 30.2 Å². The van der Waals surface area contributed by atoms with Crippen LogP contribution in [-0.4, -0.2) is 35.0 Å². The molecule has 1 aliphatic heterocycles. The van der Waals surface area contributed by atoms with E-state index in [9.17, 15) is 9.59 Å². The first-order valence-corrected chi connectivity index (χ1v) is 5.95. The van der Waals surface area contributed by atoms with E-state index in [4.69, 9.17) is 5.11 Å². The Morgan fingerprint density at radius 3 is 2.72 bits per heavy atom. The van der Waals surface area contributed by atoms with Gasteiger partial charge >= 0.3 is 5.97 Å². The second kappa shape index (κ2) is 5.18. The number of carboxylic acid groups (broad SMARTS) is 1. The summed E-state index contributed by atoms with van der Waals surface area (Å²) in [5, 5.41) is 12.0. The van der Waals surface area contributed by atoms with Crippen LogP contribution in [0.4, 0.5) is 0 Å². The van der Waals surface area contributed by atoms with Crippen molar-refractivity contribution in [1.82, 2.24) is 10.2 Å². The number of nitrogens with zero attached hydrogens (tertiary/aromatic N) is 1. The molecule has 0 saturated carbocycles. The van der Waals surface area contributed by atoms with Crippen LogP contribution < -0.4 is 5.32 Å². The Hall–Kier alpha value is -1.88. The van der Waals surface area contributed by atoms with Gasteiger partial charge in [-0.3, -0.25) is 9.59 Å². The molecular formula is C13H16N2O3. The zero-order valence-electron chi connectivity index (χ0n) is 10.3. The van der Waals surface area contributed by atoms with E-state index in [2.05, 4.69) is 5.32 Å². The third kappa shape index (κ3) is 2.51. The quantitative estimate of drug-likeness (QED) is 0.828. The summed E-state index contributed by atoms with van der Waals surface area (Å²) in [5.41, 5.74) is 2.88. The highest BCUT2D eigenvalue weighted by Crippen LogP contribution is 2.18. The van der Waals surface area contributed by atoms with E-state index in [0.717, 1.165) is 18.7 Å². The average molecular weight is 248 g/mol. The molecule has 0 aliphatic carbocycles. The van der Waals surface area contributed by atoms with Crippen molar-refractivity contribution >= 4 is 11.9 Å². The van der Waals surface area contributed by atoms with Crippen molar-refractivity contribution in [2.45, 2.75) is 20.0 Å². The number of nitrogens with one attached hydrogen (secondary N) is 1. The molecule has 0 fully saturated rings. The summed E-state index contributed by atoms with van der Waals surface area (Å²) in [6.07, 6.45) is 0. The molecule has 18 heavy (non-hydrogen) atoms. The largest absolute Gasteiger partial charge is 0.480 e. The Morgan fingerprint density at radius 2 is 2.06 bits per heavy atom. The number of benzene rings is 1. The van der Waals surface area contributed by atoms with Gasteiger partial charge in [0.25, 0.3) is 5.91 Å². The van der Waals surface area contributed by atoms with E-state index in [1.807, 2.05) is 12.1 Å². The van der Waals surface area contributed by atoms with Crippen molar-refractivity contribution in [1.29, 1.82) is 0 Å².